The highest BCUT2D eigenvalue weighted by Crippen LogP contribution is 2.51. The van der Waals surface area contributed by atoms with Crippen LogP contribution in [0.4, 0.5) is 0 Å². The second-order valence-corrected chi connectivity index (χ2v) is 5.71. The molecule has 0 aliphatic heterocycles. The molecule has 3 N–H and O–H groups in total. The molecule has 0 heterocycles. The van der Waals surface area contributed by atoms with E-state index >= 15 is 0 Å². The number of methoxy groups -OCH3 is 1. The molecule has 0 aromatic carbocycles. The standard InChI is InChI=1S/C12H25NO2/c1-9(15-4)7-12(8-13)6-5-11(2,3)10(12)14/h9-10,14H,5-8,13H2,1-4H3. The summed E-state index contributed by atoms with van der Waals surface area (Å²) in [7, 11) is 1.71. The van der Waals surface area contributed by atoms with Crippen LogP contribution in [0.1, 0.15) is 40.0 Å². The molecule has 1 aliphatic carbocycles. The fourth-order valence-electron chi connectivity index (χ4n) is 2.84. The largest absolute Gasteiger partial charge is 0.392 e. The molecule has 15 heavy (non-hydrogen) atoms. The lowest BCUT2D eigenvalue weighted by atomic mass is 9.75. The van der Waals surface area contributed by atoms with E-state index in [1.165, 1.54) is 0 Å². The number of nitrogens with two attached hydrogens (primary N) is 1. The molecule has 3 heteroatoms. The van der Waals surface area contributed by atoms with Crippen LogP contribution in [0.25, 0.3) is 0 Å². The number of hydrogen-bond acceptors (Lipinski definition) is 3. The van der Waals surface area contributed by atoms with Crippen LogP contribution in [-0.2, 0) is 4.74 Å². The van der Waals surface area contributed by atoms with Gasteiger partial charge in [-0.1, -0.05) is 13.8 Å². The Bertz CT molecular complexity index is 218. The van der Waals surface area contributed by atoms with Crippen LogP contribution < -0.4 is 5.73 Å². The van der Waals surface area contributed by atoms with Crippen molar-refractivity contribution < 1.29 is 9.84 Å². The van der Waals surface area contributed by atoms with Crippen molar-refractivity contribution in [2.24, 2.45) is 16.6 Å². The second kappa shape index (κ2) is 4.40. The predicted molar refractivity (Wildman–Crippen MR) is 61.6 cm³/mol. The van der Waals surface area contributed by atoms with Gasteiger partial charge in [0.1, 0.15) is 0 Å². The Morgan fingerprint density at radius 2 is 2.07 bits per heavy atom. The van der Waals surface area contributed by atoms with E-state index in [9.17, 15) is 5.11 Å². The molecule has 0 bridgehead atoms. The van der Waals surface area contributed by atoms with Crippen molar-refractivity contribution in [1.82, 2.24) is 0 Å². The summed E-state index contributed by atoms with van der Waals surface area (Å²) in [4.78, 5) is 0. The minimum Gasteiger partial charge on any atom is -0.392 e. The average Bonchev–Trinajstić information content (AvgIpc) is 2.43. The fraction of sp³-hybridized carbons (Fsp3) is 1.00. The zero-order valence-electron chi connectivity index (χ0n) is 10.4. The maximum Gasteiger partial charge on any atom is 0.0660 e. The van der Waals surface area contributed by atoms with Crippen LogP contribution in [-0.4, -0.2) is 31.0 Å². The van der Waals surface area contributed by atoms with Crippen molar-refractivity contribution in [2.75, 3.05) is 13.7 Å². The van der Waals surface area contributed by atoms with Gasteiger partial charge in [0.25, 0.3) is 0 Å². The second-order valence-electron chi connectivity index (χ2n) is 5.71. The maximum atomic E-state index is 10.4. The van der Waals surface area contributed by atoms with Crippen molar-refractivity contribution in [3.8, 4) is 0 Å². The van der Waals surface area contributed by atoms with Crippen LogP contribution in [0.5, 0.6) is 0 Å². The Morgan fingerprint density at radius 3 is 2.40 bits per heavy atom. The van der Waals surface area contributed by atoms with Gasteiger partial charge in [-0.05, 0) is 31.6 Å². The van der Waals surface area contributed by atoms with Crippen LogP contribution in [0, 0.1) is 10.8 Å². The molecule has 0 radical (unpaired) electrons. The van der Waals surface area contributed by atoms with Gasteiger partial charge in [0.05, 0.1) is 12.2 Å². The van der Waals surface area contributed by atoms with Gasteiger partial charge >= 0.3 is 0 Å². The first kappa shape index (κ1) is 12.9. The van der Waals surface area contributed by atoms with Gasteiger partial charge in [0.15, 0.2) is 0 Å². The number of rotatable bonds is 4. The molecular formula is C12H25NO2. The van der Waals surface area contributed by atoms with E-state index in [1.54, 1.807) is 7.11 Å². The molecule has 0 aromatic heterocycles. The molecule has 0 spiro atoms. The Kier molecular flexibility index (Phi) is 3.80. The van der Waals surface area contributed by atoms with Crippen LogP contribution >= 0.6 is 0 Å². The SMILES string of the molecule is COC(C)CC1(CN)CCC(C)(C)C1O. The smallest absolute Gasteiger partial charge is 0.0660 e. The normalized spacial score (nSPS) is 36.8. The molecule has 0 saturated heterocycles. The van der Waals surface area contributed by atoms with Gasteiger partial charge in [-0.15, -0.1) is 0 Å². The van der Waals surface area contributed by atoms with E-state index in [4.69, 9.17) is 10.5 Å². The van der Waals surface area contributed by atoms with Crippen LogP contribution in [0.15, 0.2) is 0 Å². The van der Waals surface area contributed by atoms with E-state index < -0.39 is 0 Å². The van der Waals surface area contributed by atoms with Crippen molar-refractivity contribution in [1.29, 1.82) is 0 Å². The van der Waals surface area contributed by atoms with Crippen molar-refractivity contribution in [3.63, 3.8) is 0 Å². The third-order valence-corrected chi connectivity index (χ3v) is 4.09. The first-order chi connectivity index (χ1) is 6.88. The summed E-state index contributed by atoms with van der Waals surface area (Å²) in [5.74, 6) is 0. The summed E-state index contributed by atoms with van der Waals surface area (Å²) in [6.45, 7) is 6.82. The molecule has 0 aromatic rings. The van der Waals surface area contributed by atoms with Gasteiger partial charge in [-0.2, -0.15) is 0 Å². The molecule has 3 unspecified atom stereocenters. The average molecular weight is 215 g/mol. The molecule has 1 aliphatic rings. The lowest BCUT2D eigenvalue weighted by Crippen LogP contribution is -2.44. The number of ether oxygens (including phenoxy) is 1. The Hall–Kier alpha value is -0.120. The van der Waals surface area contributed by atoms with E-state index in [0.29, 0.717) is 6.54 Å². The highest BCUT2D eigenvalue weighted by Gasteiger charge is 2.51. The summed E-state index contributed by atoms with van der Waals surface area (Å²) in [5, 5.41) is 10.4. The fourth-order valence-corrected chi connectivity index (χ4v) is 2.84. The van der Waals surface area contributed by atoms with E-state index in [0.717, 1.165) is 19.3 Å². The van der Waals surface area contributed by atoms with E-state index in [1.807, 2.05) is 6.92 Å². The molecule has 3 nitrogen and oxygen atoms in total. The quantitative estimate of drug-likeness (QED) is 0.748. The zero-order valence-corrected chi connectivity index (χ0v) is 10.4. The minimum atomic E-state index is -0.312. The first-order valence-electron chi connectivity index (χ1n) is 5.79. The van der Waals surface area contributed by atoms with Crippen molar-refractivity contribution >= 4 is 0 Å². The molecule has 1 saturated carbocycles. The molecule has 1 fully saturated rings. The lowest BCUT2D eigenvalue weighted by Gasteiger charge is -2.37. The third kappa shape index (κ3) is 2.35. The van der Waals surface area contributed by atoms with Gasteiger partial charge in [-0.25, -0.2) is 0 Å². The van der Waals surface area contributed by atoms with E-state index in [-0.39, 0.29) is 23.0 Å². The van der Waals surface area contributed by atoms with Crippen molar-refractivity contribution in [2.45, 2.75) is 52.2 Å². The van der Waals surface area contributed by atoms with Gasteiger partial charge in [-0.3, -0.25) is 0 Å². The Balaban J connectivity index is 2.78. The van der Waals surface area contributed by atoms with Gasteiger partial charge in [0, 0.05) is 19.1 Å². The highest BCUT2D eigenvalue weighted by atomic mass is 16.5. The Morgan fingerprint density at radius 1 is 1.47 bits per heavy atom. The summed E-state index contributed by atoms with van der Waals surface area (Å²) in [5.41, 5.74) is 5.72. The summed E-state index contributed by atoms with van der Waals surface area (Å²) < 4.78 is 5.29. The van der Waals surface area contributed by atoms with Gasteiger partial charge < -0.3 is 15.6 Å². The lowest BCUT2D eigenvalue weighted by molar-refractivity contribution is -0.0348. The number of aliphatic hydroxyl groups excluding tert-OH is 1. The zero-order chi connectivity index (χ0) is 11.7. The third-order valence-electron chi connectivity index (χ3n) is 4.09. The summed E-state index contributed by atoms with van der Waals surface area (Å²) >= 11 is 0. The van der Waals surface area contributed by atoms with Gasteiger partial charge in [0.2, 0.25) is 0 Å². The number of aliphatic hydroxyl groups is 1. The number of hydrogen-bond donors (Lipinski definition) is 2. The summed E-state index contributed by atoms with van der Waals surface area (Å²) in [6, 6.07) is 0. The summed E-state index contributed by atoms with van der Waals surface area (Å²) in [6.07, 6.45) is 2.75. The highest BCUT2D eigenvalue weighted by molar-refractivity contribution is 5.02. The minimum absolute atomic E-state index is 0.00711. The van der Waals surface area contributed by atoms with E-state index in [2.05, 4.69) is 13.8 Å². The Labute approximate surface area is 93.0 Å². The molecular weight excluding hydrogens is 190 g/mol. The van der Waals surface area contributed by atoms with Crippen LogP contribution in [0.3, 0.4) is 0 Å². The topological polar surface area (TPSA) is 55.5 Å². The maximum absolute atomic E-state index is 10.4. The van der Waals surface area contributed by atoms with Crippen molar-refractivity contribution in [3.05, 3.63) is 0 Å². The first-order valence-corrected chi connectivity index (χ1v) is 5.79. The molecule has 3 atom stereocenters. The molecule has 1 rings (SSSR count). The molecule has 0 amide bonds. The predicted octanol–water partition coefficient (Wildman–Crippen LogP) is 1.54. The van der Waals surface area contributed by atoms with Crippen LogP contribution in [0.2, 0.25) is 0 Å². The monoisotopic (exact) mass is 215 g/mol. The molecule has 90 valence electrons.